The fourth-order valence-electron chi connectivity index (χ4n) is 4.25. The van der Waals surface area contributed by atoms with Crippen molar-refractivity contribution in [2.45, 2.75) is 25.0 Å². The molecule has 0 spiro atoms. The molecule has 0 aliphatic carbocycles. The molecule has 2 saturated heterocycles. The fraction of sp³-hybridized carbons (Fsp3) is 0.320. The van der Waals surface area contributed by atoms with E-state index in [1.165, 1.54) is 19.1 Å². The molecule has 172 valence electrons. The normalized spacial score (nSPS) is 21.9. The van der Waals surface area contributed by atoms with Crippen LogP contribution in [0.2, 0.25) is 0 Å². The lowest BCUT2D eigenvalue weighted by molar-refractivity contribution is -0.140. The number of hydrogen-bond donors (Lipinski definition) is 1. The van der Waals surface area contributed by atoms with E-state index in [4.69, 9.17) is 14.2 Å². The van der Waals surface area contributed by atoms with Crippen molar-refractivity contribution in [3.05, 3.63) is 70.8 Å². The first-order valence-electron chi connectivity index (χ1n) is 10.7. The van der Waals surface area contributed by atoms with Crippen LogP contribution < -0.4 is 4.74 Å². The van der Waals surface area contributed by atoms with E-state index in [9.17, 15) is 19.5 Å². The second kappa shape index (κ2) is 9.46. The van der Waals surface area contributed by atoms with E-state index in [0.29, 0.717) is 29.0 Å². The minimum Gasteiger partial charge on any atom is -0.507 e. The van der Waals surface area contributed by atoms with Gasteiger partial charge in [0.1, 0.15) is 11.5 Å². The molecule has 2 aliphatic rings. The van der Waals surface area contributed by atoms with E-state index in [2.05, 4.69) is 0 Å². The summed E-state index contributed by atoms with van der Waals surface area (Å²) in [5, 5.41) is 11.1. The van der Waals surface area contributed by atoms with Crippen molar-refractivity contribution in [1.29, 1.82) is 0 Å². The quantitative estimate of drug-likeness (QED) is 0.312. The topological polar surface area (TPSA) is 102 Å². The molecule has 8 nitrogen and oxygen atoms in total. The molecule has 0 aromatic heterocycles. The molecule has 0 saturated carbocycles. The summed E-state index contributed by atoms with van der Waals surface area (Å²) >= 11 is 0. The van der Waals surface area contributed by atoms with Gasteiger partial charge in [0.25, 0.3) is 11.7 Å². The lowest BCUT2D eigenvalue weighted by Crippen LogP contribution is -2.36. The summed E-state index contributed by atoms with van der Waals surface area (Å²) in [6, 6.07) is 12.2. The molecule has 1 amide bonds. The van der Waals surface area contributed by atoms with Gasteiger partial charge < -0.3 is 24.2 Å². The summed E-state index contributed by atoms with van der Waals surface area (Å²) in [5.41, 5.74) is 1.32. The van der Waals surface area contributed by atoms with Gasteiger partial charge in [-0.05, 0) is 54.8 Å². The average molecular weight is 451 g/mol. The first kappa shape index (κ1) is 22.5. The van der Waals surface area contributed by atoms with E-state index in [-0.39, 0.29) is 24.0 Å². The zero-order chi connectivity index (χ0) is 23.5. The van der Waals surface area contributed by atoms with Gasteiger partial charge in [0.05, 0.1) is 37.5 Å². The third-order valence-corrected chi connectivity index (χ3v) is 5.98. The van der Waals surface area contributed by atoms with Crippen LogP contribution in [0.5, 0.6) is 5.75 Å². The lowest BCUT2D eigenvalue weighted by Gasteiger charge is -2.27. The Hall–Kier alpha value is -3.65. The molecule has 2 fully saturated rings. The third kappa shape index (κ3) is 4.34. The van der Waals surface area contributed by atoms with E-state index >= 15 is 0 Å². The summed E-state index contributed by atoms with van der Waals surface area (Å²) in [6.45, 7) is 0.840. The standard InChI is InChI=1S/C25H25NO7/c1-31-18-11-9-16(10-12-18)22(27)20-21(15-5-7-17(8-6-15)25(30)32-2)26(24(29)23(20)28)14-19-4-3-13-33-19/h5-12,19,21,27H,3-4,13-14H2,1-2H3/t19-,21+/m1/s1. The van der Waals surface area contributed by atoms with Gasteiger partial charge in [-0.3, -0.25) is 9.59 Å². The Balaban J connectivity index is 1.79. The second-order valence-electron chi connectivity index (χ2n) is 7.93. The maximum absolute atomic E-state index is 13.1. The van der Waals surface area contributed by atoms with Crippen molar-refractivity contribution in [2.24, 2.45) is 0 Å². The van der Waals surface area contributed by atoms with Crippen LogP contribution in [0.15, 0.2) is 54.1 Å². The van der Waals surface area contributed by atoms with Crippen molar-refractivity contribution in [3.8, 4) is 5.75 Å². The molecule has 4 rings (SSSR count). The van der Waals surface area contributed by atoms with Crippen LogP contribution in [0.4, 0.5) is 0 Å². The number of nitrogens with zero attached hydrogens (tertiary/aromatic N) is 1. The maximum Gasteiger partial charge on any atom is 0.337 e. The van der Waals surface area contributed by atoms with Crippen LogP contribution >= 0.6 is 0 Å². The number of esters is 1. The van der Waals surface area contributed by atoms with Crippen LogP contribution in [0.3, 0.4) is 0 Å². The zero-order valence-electron chi connectivity index (χ0n) is 18.4. The second-order valence-corrected chi connectivity index (χ2v) is 7.93. The Morgan fingerprint density at radius 2 is 1.73 bits per heavy atom. The summed E-state index contributed by atoms with van der Waals surface area (Å²) in [4.78, 5) is 39.4. The van der Waals surface area contributed by atoms with E-state index < -0.39 is 23.7 Å². The SMILES string of the molecule is COC(=O)c1ccc([C@H]2C(=C(O)c3ccc(OC)cc3)C(=O)C(=O)N2C[C@H]2CCCO2)cc1. The van der Waals surface area contributed by atoms with E-state index in [0.717, 1.165) is 12.8 Å². The number of likely N-dealkylation sites (tertiary alicyclic amines) is 1. The van der Waals surface area contributed by atoms with Gasteiger partial charge >= 0.3 is 5.97 Å². The highest BCUT2D eigenvalue weighted by atomic mass is 16.5. The minimum absolute atomic E-state index is 0.00557. The minimum atomic E-state index is -0.817. The fourth-order valence-corrected chi connectivity index (χ4v) is 4.25. The number of methoxy groups -OCH3 is 2. The average Bonchev–Trinajstić information content (AvgIpc) is 3.45. The number of aliphatic hydroxyl groups is 1. The molecule has 8 heteroatoms. The molecule has 0 radical (unpaired) electrons. The Kier molecular flexibility index (Phi) is 6.46. The maximum atomic E-state index is 13.1. The molecule has 2 heterocycles. The number of hydrogen-bond acceptors (Lipinski definition) is 7. The number of aliphatic hydroxyl groups excluding tert-OH is 1. The predicted octanol–water partition coefficient (Wildman–Crippen LogP) is 3.08. The monoisotopic (exact) mass is 451 g/mol. The van der Waals surface area contributed by atoms with Crippen molar-refractivity contribution in [1.82, 2.24) is 4.90 Å². The number of rotatable bonds is 6. The summed E-state index contributed by atoms with van der Waals surface area (Å²) in [7, 11) is 2.82. The van der Waals surface area contributed by atoms with Gasteiger partial charge in [-0.2, -0.15) is 0 Å². The molecular formula is C25H25NO7. The number of ether oxygens (including phenoxy) is 3. The van der Waals surface area contributed by atoms with Crippen LogP contribution in [0, 0.1) is 0 Å². The van der Waals surface area contributed by atoms with Gasteiger partial charge in [0.15, 0.2) is 0 Å². The highest BCUT2D eigenvalue weighted by Gasteiger charge is 2.47. The van der Waals surface area contributed by atoms with Gasteiger partial charge in [0, 0.05) is 18.7 Å². The van der Waals surface area contributed by atoms with Crippen LogP contribution in [0.25, 0.3) is 5.76 Å². The highest BCUT2D eigenvalue weighted by molar-refractivity contribution is 6.46. The summed E-state index contributed by atoms with van der Waals surface area (Å²) in [5.74, 6) is -1.62. The lowest BCUT2D eigenvalue weighted by atomic mass is 9.94. The van der Waals surface area contributed by atoms with Gasteiger partial charge in [0.2, 0.25) is 0 Å². The highest BCUT2D eigenvalue weighted by Crippen LogP contribution is 2.40. The number of carbonyl (C=O) groups excluding carboxylic acids is 3. The number of carbonyl (C=O) groups is 3. The molecule has 2 aromatic rings. The number of Topliss-reactive ketones (excluding diaryl/α,β-unsaturated/α-hetero) is 1. The molecule has 1 N–H and O–H groups in total. The van der Waals surface area contributed by atoms with Crippen molar-refractivity contribution in [3.63, 3.8) is 0 Å². The number of ketones is 1. The summed E-state index contributed by atoms with van der Waals surface area (Å²) < 4.78 is 15.6. The first-order chi connectivity index (χ1) is 15.9. The Morgan fingerprint density at radius 3 is 2.30 bits per heavy atom. The molecule has 0 unspecified atom stereocenters. The van der Waals surface area contributed by atoms with Crippen molar-refractivity contribution < 1.29 is 33.7 Å². The predicted molar refractivity (Wildman–Crippen MR) is 119 cm³/mol. The Morgan fingerprint density at radius 1 is 1.06 bits per heavy atom. The zero-order valence-corrected chi connectivity index (χ0v) is 18.4. The third-order valence-electron chi connectivity index (χ3n) is 5.98. The van der Waals surface area contributed by atoms with Gasteiger partial charge in [-0.15, -0.1) is 0 Å². The van der Waals surface area contributed by atoms with Crippen LogP contribution in [-0.4, -0.2) is 61.1 Å². The van der Waals surface area contributed by atoms with Crippen molar-refractivity contribution >= 4 is 23.4 Å². The van der Waals surface area contributed by atoms with Crippen LogP contribution in [0.1, 0.15) is 40.4 Å². The molecular weight excluding hydrogens is 426 g/mol. The number of amides is 1. The largest absolute Gasteiger partial charge is 0.507 e. The van der Waals surface area contributed by atoms with Gasteiger partial charge in [-0.25, -0.2) is 4.79 Å². The molecule has 2 aliphatic heterocycles. The molecule has 0 bridgehead atoms. The first-order valence-corrected chi connectivity index (χ1v) is 10.7. The van der Waals surface area contributed by atoms with E-state index in [1.807, 2.05) is 0 Å². The molecule has 33 heavy (non-hydrogen) atoms. The van der Waals surface area contributed by atoms with E-state index in [1.54, 1.807) is 48.5 Å². The Bertz CT molecular complexity index is 1080. The van der Waals surface area contributed by atoms with Crippen molar-refractivity contribution in [2.75, 3.05) is 27.4 Å². The molecule has 2 aromatic carbocycles. The molecule has 2 atom stereocenters. The van der Waals surface area contributed by atoms with Gasteiger partial charge in [-0.1, -0.05) is 12.1 Å². The summed E-state index contributed by atoms with van der Waals surface area (Å²) in [6.07, 6.45) is 1.50. The van der Waals surface area contributed by atoms with Crippen LogP contribution in [-0.2, 0) is 19.1 Å². The number of benzene rings is 2. The smallest absolute Gasteiger partial charge is 0.337 e. The Labute approximate surface area is 191 Å².